The molecular formula is C17H15FN2OS. The van der Waals surface area contributed by atoms with Crippen LogP contribution < -0.4 is 10.6 Å². The smallest absolute Gasteiger partial charge is 0.308 e. The molecule has 0 spiro atoms. The number of nitrogens with two attached hydrogens (primary N) is 1. The molecule has 2 aromatic carbocycles. The van der Waals surface area contributed by atoms with E-state index in [4.69, 9.17) is 5.73 Å². The molecular weight excluding hydrogens is 299 g/mol. The van der Waals surface area contributed by atoms with Crippen molar-refractivity contribution in [2.24, 2.45) is 0 Å². The van der Waals surface area contributed by atoms with E-state index >= 15 is 0 Å². The normalized spacial score (nSPS) is 10.8. The molecule has 0 saturated carbocycles. The van der Waals surface area contributed by atoms with E-state index < -0.39 is 0 Å². The van der Waals surface area contributed by atoms with Crippen LogP contribution in [0.3, 0.4) is 0 Å². The molecule has 0 unspecified atom stereocenters. The molecule has 0 aliphatic carbocycles. The molecule has 3 aromatic rings. The van der Waals surface area contributed by atoms with E-state index in [9.17, 15) is 9.18 Å². The molecule has 0 atom stereocenters. The van der Waals surface area contributed by atoms with Gasteiger partial charge in [-0.1, -0.05) is 23.5 Å². The van der Waals surface area contributed by atoms with E-state index in [1.807, 2.05) is 31.2 Å². The summed E-state index contributed by atoms with van der Waals surface area (Å²) in [5, 5.41) is 0. The van der Waals surface area contributed by atoms with Crippen LogP contribution in [0, 0.1) is 12.7 Å². The highest BCUT2D eigenvalue weighted by Crippen LogP contribution is 2.26. The second-order valence-electron chi connectivity index (χ2n) is 5.11. The number of thiazole rings is 1. The van der Waals surface area contributed by atoms with Crippen LogP contribution in [0.2, 0.25) is 0 Å². The predicted octanol–water partition coefficient (Wildman–Crippen LogP) is 3.65. The van der Waals surface area contributed by atoms with E-state index in [1.165, 1.54) is 23.5 Å². The van der Waals surface area contributed by atoms with Crippen molar-refractivity contribution in [2.75, 3.05) is 5.73 Å². The Kier molecular flexibility index (Phi) is 3.81. The number of anilines is 1. The van der Waals surface area contributed by atoms with Crippen molar-refractivity contribution in [1.29, 1.82) is 0 Å². The van der Waals surface area contributed by atoms with Gasteiger partial charge in [0.25, 0.3) is 0 Å². The number of rotatable bonds is 3. The first-order valence-corrected chi connectivity index (χ1v) is 7.67. The zero-order chi connectivity index (χ0) is 15.7. The van der Waals surface area contributed by atoms with Crippen molar-refractivity contribution in [3.8, 4) is 11.3 Å². The molecule has 2 N–H and O–H groups in total. The zero-order valence-corrected chi connectivity index (χ0v) is 12.9. The van der Waals surface area contributed by atoms with Gasteiger partial charge in [-0.05, 0) is 54.4 Å². The highest BCUT2D eigenvalue weighted by Gasteiger charge is 2.14. The molecule has 5 heteroatoms. The van der Waals surface area contributed by atoms with Gasteiger partial charge in [-0.3, -0.25) is 9.36 Å². The molecule has 0 aliphatic rings. The van der Waals surface area contributed by atoms with Gasteiger partial charge in [-0.15, -0.1) is 0 Å². The number of aromatic nitrogens is 1. The topological polar surface area (TPSA) is 48.0 Å². The van der Waals surface area contributed by atoms with Crippen molar-refractivity contribution < 1.29 is 4.39 Å². The molecule has 0 fully saturated rings. The Morgan fingerprint density at radius 1 is 1.09 bits per heavy atom. The summed E-state index contributed by atoms with van der Waals surface area (Å²) in [6.07, 6.45) is 0. The largest absolute Gasteiger partial charge is 0.399 e. The third-order valence-corrected chi connectivity index (χ3v) is 4.40. The molecule has 0 saturated heterocycles. The number of aryl methyl sites for hydroxylation is 1. The minimum atomic E-state index is -0.288. The lowest BCUT2D eigenvalue weighted by Crippen LogP contribution is -2.15. The second-order valence-corrected chi connectivity index (χ2v) is 6.27. The van der Waals surface area contributed by atoms with Crippen LogP contribution in [0.5, 0.6) is 0 Å². The van der Waals surface area contributed by atoms with Crippen molar-refractivity contribution >= 4 is 17.0 Å². The van der Waals surface area contributed by atoms with E-state index in [-0.39, 0.29) is 10.7 Å². The van der Waals surface area contributed by atoms with Crippen LogP contribution in [-0.2, 0) is 6.54 Å². The fourth-order valence-electron chi connectivity index (χ4n) is 2.43. The van der Waals surface area contributed by atoms with Crippen molar-refractivity contribution in [2.45, 2.75) is 13.5 Å². The summed E-state index contributed by atoms with van der Waals surface area (Å²) in [5.41, 5.74) is 9.06. The van der Waals surface area contributed by atoms with Crippen LogP contribution in [0.1, 0.15) is 10.4 Å². The van der Waals surface area contributed by atoms with Crippen LogP contribution in [0.4, 0.5) is 10.1 Å². The average Bonchev–Trinajstić information content (AvgIpc) is 2.77. The van der Waals surface area contributed by atoms with Crippen LogP contribution in [-0.4, -0.2) is 4.57 Å². The monoisotopic (exact) mass is 314 g/mol. The maximum absolute atomic E-state index is 13.1. The number of halogens is 1. The van der Waals surface area contributed by atoms with Crippen molar-refractivity contribution in [3.05, 3.63) is 74.5 Å². The van der Waals surface area contributed by atoms with E-state index in [0.717, 1.165) is 21.7 Å². The molecule has 3 nitrogen and oxygen atoms in total. The lowest BCUT2D eigenvalue weighted by atomic mass is 10.1. The molecule has 0 radical (unpaired) electrons. The van der Waals surface area contributed by atoms with Gasteiger partial charge in [-0.2, -0.15) is 0 Å². The first-order valence-electron chi connectivity index (χ1n) is 6.85. The molecule has 1 aromatic heterocycles. The highest BCUT2D eigenvalue weighted by atomic mass is 32.1. The Hall–Kier alpha value is -2.40. The van der Waals surface area contributed by atoms with Gasteiger partial charge in [0, 0.05) is 10.6 Å². The maximum atomic E-state index is 13.1. The molecule has 0 aliphatic heterocycles. The van der Waals surface area contributed by atoms with Gasteiger partial charge >= 0.3 is 4.87 Å². The Bertz CT molecular complexity index is 848. The Morgan fingerprint density at radius 3 is 2.36 bits per heavy atom. The Balaban J connectivity index is 2.06. The molecule has 3 rings (SSSR count). The fourth-order valence-corrected chi connectivity index (χ4v) is 3.28. The summed E-state index contributed by atoms with van der Waals surface area (Å²) in [4.78, 5) is 13.2. The number of hydrogen-bond donors (Lipinski definition) is 1. The molecule has 0 amide bonds. The van der Waals surface area contributed by atoms with E-state index in [0.29, 0.717) is 12.2 Å². The molecule has 1 heterocycles. The first-order chi connectivity index (χ1) is 10.5. The highest BCUT2D eigenvalue weighted by molar-refractivity contribution is 7.09. The minimum absolute atomic E-state index is 0.0198. The lowest BCUT2D eigenvalue weighted by molar-refractivity contribution is 0.628. The average molecular weight is 314 g/mol. The summed E-state index contributed by atoms with van der Waals surface area (Å²) in [6.45, 7) is 2.38. The first kappa shape index (κ1) is 14.5. The van der Waals surface area contributed by atoms with Gasteiger partial charge in [0.15, 0.2) is 0 Å². The number of hydrogen-bond acceptors (Lipinski definition) is 3. The van der Waals surface area contributed by atoms with E-state index in [1.54, 1.807) is 16.7 Å². The molecule has 22 heavy (non-hydrogen) atoms. The van der Waals surface area contributed by atoms with Crippen molar-refractivity contribution in [1.82, 2.24) is 4.57 Å². The van der Waals surface area contributed by atoms with Gasteiger partial charge in [0.05, 0.1) is 12.2 Å². The van der Waals surface area contributed by atoms with Gasteiger partial charge in [-0.25, -0.2) is 4.39 Å². The van der Waals surface area contributed by atoms with Gasteiger partial charge in [0.2, 0.25) is 0 Å². The van der Waals surface area contributed by atoms with Crippen LogP contribution >= 0.6 is 11.3 Å². The Morgan fingerprint density at radius 2 is 1.73 bits per heavy atom. The summed E-state index contributed by atoms with van der Waals surface area (Å²) < 4.78 is 14.8. The fraction of sp³-hybridized carbons (Fsp3) is 0.118. The number of nitrogens with zero attached hydrogens (tertiary/aromatic N) is 1. The third kappa shape index (κ3) is 2.80. The minimum Gasteiger partial charge on any atom is -0.399 e. The quantitative estimate of drug-likeness (QED) is 0.750. The summed E-state index contributed by atoms with van der Waals surface area (Å²) in [6, 6.07) is 13.7. The Labute approximate surface area is 131 Å². The standard InChI is InChI=1S/C17H15FN2OS/c1-11-16(13-4-6-14(18)7-5-13)20(17(21)22-11)10-12-2-8-15(19)9-3-12/h2-9H,10,19H2,1H3. The summed E-state index contributed by atoms with van der Waals surface area (Å²) in [5.74, 6) is -0.288. The number of nitrogen functional groups attached to an aromatic ring is 1. The summed E-state index contributed by atoms with van der Waals surface area (Å²) >= 11 is 1.21. The van der Waals surface area contributed by atoms with Crippen LogP contribution in [0.15, 0.2) is 53.3 Å². The molecule has 112 valence electrons. The van der Waals surface area contributed by atoms with E-state index in [2.05, 4.69) is 0 Å². The molecule has 0 bridgehead atoms. The lowest BCUT2D eigenvalue weighted by Gasteiger charge is -2.09. The van der Waals surface area contributed by atoms with Gasteiger partial charge in [0.1, 0.15) is 5.82 Å². The third-order valence-electron chi connectivity index (χ3n) is 3.50. The zero-order valence-electron chi connectivity index (χ0n) is 12.0. The summed E-state index contributed by atoms with van der Waals surface area (Å²) in [7, 11) is 0. The van der Waals surface area contributed by atoms with Crippen molar-refractivity contribution in [3.63, 3.8) is 0 Å². The maximum Gasteiger partial charge on any atom is 0.308 e. The van der Waals surface area contributed by atoms with Gasteiger partial charge < -0.3 is 5.73 Å². The van der Waals surface area contributed by atoms with Crippen LogP contribution in [0.25, 0.3) is 11.3 Å². The number of benzene rings is 2. The predicted molar refractivity (Wildman–Crippen MR) is 88.7 cm³/mol. The SMILES string of the molecule is Cc1sc(=O)n(Cc2ccc(N)cc2)c1-c1ccc(F)cc1. The second kappa shape index (κ2) is 5.77.